The molecule has 2 aromatic rings. The predicted molar refractivity (Wildman–Crippen MR) is 89.9 cm³/mol. The highest BCUT2D eigenvalue weighted by molar-refractivity contribution is 6.22. The highest BCUT2D eigenvalue weighted by Gasteiger charge is 2.63. The van der Waals surface area contributed by atoms with E-state index in [1.165, 1.54) is 16.0 Å². The molecule has 4 unspecified atom stereocenters. The fourth-order valence-corrected chi connectivity index (χ4v) is 4.46. The zero-order valence-electron chi connectivity index (χ0n) is 14.0. The van der Waals surface area contributed by atoms with Crippen LogP contribution in [0, 0.1) is 18.8 Å². The monoisotopic (exact) mass is 337 g/mol. The van der Waals surface area contributed by atoms with E-state index in [0.717, 1.165) is 12.8 Å². The molecule has 1 aromatic heterocycles. The second-order valence-electron chi connectivity index (χ2n) is 7.15. The first-order valence-corrected chi connectivity index (χ1v) is 8.75. The van der Waals surface area contributed by atoms with Gasteiger partial charge in [0.05, 0.1) is 30.6 Å². The number of anilines is 1. The highest BCUT2D eigenvalue weighted by Crippen LogP contribution is 2.49. The lowest BCUT2D eigenvalue weighted by atomic mass is 9.81. The topological polar surface area (TPSA) is 64.4 Å². The van der Waals surface area contributed by atoms with E-state index in [2.05, 4.69) is 24.2 Å². The summed E-state index contributed by atoms with van der Waals surface area (Å²) in [6, 6.07) is 9.87. The summed E-state index contributed by atoms with van der Waals surface area (Å²) in [5, 5.41) is 4.49. The van der Waals surface area contributed by atoms with E-state index in [-0.39, 0.29) is 35.9 Å². The van der Waals surface area contributed by atoms with Gasteiger partial charge < -0.3 is 4.74 Å². The van der Waals surface area contributed by atoms with E-state index in [1.54, 1.807) is 10.7 Å². The van der Waals surface area contributed by atoms with Crippen molar-refractivity contribution in [3.8, 4) is 0 Å². The summed E-state index contributed by atoms with van der Waals surface area (Å²) >= 11 is 0. The molecular weight excluding hydrogens is 318 g/mol. The molecule has 0 aliphatic carbocycles. The smallest absolute Gasteiger partial charge is 0.241 e. The summed E-state index contributed by atoms with van der Waals surface area (Å²) in [5.41, 5.74) is 2.36. The Balaban J connectivity index is 1.41. The van der Waals surface area contributed by atoms with Crippen molar-refractivity contribution in [1.82, 2.24) is 9.78 Å². The number of fused-ring (bicyclic) bond motifs is 5. The third kappa shape index (κ3) is 2.10. The number of aromatic nitrogens is 2. The molecule has 0 spiro atoms. The number of nitrogens with zero attached hydrogens (tertiary/aromatic N) is 3. The van der Waals surface area contributed by atoms with Gasteiger partial charge in [-0.05, 0) is 30.9 Å². The highest BCUT2D eigenvalue weighted by atomic mass is 16.5. The average molecular weight is 337 g/mol. The van der Waals surface area contributed by atoms with Gasteiger partial charge in [-0.3, -0.25) is 14.3 Å². The second kappa shape index (κ2) is 5.26. The number of carbonyl (C=O) groups is 2. The standard InChI is InChI=1S/C19H19N3O3/c1-11-4-2-3-5-12(11)10-21-9-8-15(20-21)22-18(23)16-13-6-7-14(25-13)17(16)19(22)24/h2-5,8-9,13-14,16-17H,6-7,10H2,1H3. The lowest BCUT2D eigenvalue weighted by molar-refractivity contribution is -0.124. The molecule has 3 aliphatic rings. The van der Waals surface area contributed by atoms with Crippen LogP contribution in [0.4, 0.5) is 5.82 Å². The van der Waals surface area contributed by atoms with Crippen molar-refractivity contribution in [2.45, 2.75) is 38.5 Å². The molecule has 128 valence electrons. The summed E-state index contributed by atoms with van der Waals surface area (Å²) in [6.07, 6.45) is 3.39. The number of benzene rings is 1. The molecule has 1 aromatic carbocycles. The van der Waals surface area contributed by atoms with Crippen molar-refractivity contribution < 1.29 is 14.3 Å². The second-order valence-corrected chi connectivity index (χ2v) is 7.15. The van der Waals surface area contributed by atoms with Gasteiger partial charge >= 0.3 is 0 Å². The molecule has 25 heavy (non-hydrogen) atoms. The van der Waals surface area contributed by atoms with Gasteiger partial charge in [0.15, 0.2) is 5.82 Å². The average Bonchev–Trinajstić information content (AvgIpc) is 3.35. The van der Waals surface area contributed by atoms with Crippen LogP contribution in [0.2, 0.25) is 0 Å². The molecule has 0 saturated carbocycles. The molecular formula is C19H19N3O3. The molecule has 5 rings (SSSR count). The Morgan fingerprint density at radius 3 is 2.44 bits per heavy atom. The molecule has 2 bridgehead atoms. The van der Waals surface area contributed by atoms with E-state index >= 15 is 0 Å². The summed E-state index contributed by atoms with van der Waals surface area (Å²) in [4.78, 5) is 26.8. The van der Waals surface area contributed by atoms with Crippen LogP contribution in [-0.2, 0) is 20.9 Å². The van der Waals surface area contributed by atoms with E-state index in [0.29, 0.717) is 12.4 Å². The zero-order valence-corrected chi connectivity index (χ0v) is 14.0. The summed E-state index contributed by atoms with van der Waals surface area (Å²) < 4.78 is 7.54. The van der Waals surface area contributed by atoms with E-state index in [4.69, 9.17) is 4.74 Å². The Morgan fingerprint density at radius 2 is 1.76 bits per heavy atom. The molecule has 6 nitrogen and oxygen atoms in total. The van der Waals surface area contributed by atoms with Crippen molar-refractivity contribution in [1.29, 1.82) is 0 Å². The Kier molecular flexibility index (Phi) is 3.12. The predicted octanol–water partition coefficient (Wildman–Crippen LogP) is 1.91. The van der Waals surface area contributed by atoms with Gasteiger partial charge in [0, 0.05) is 12.3 Å². The van der Waals surface area contributed by atoms with E-state index in [1.807, 2.05) is 18.3 Å². The van der Waals surface area contributed by atoms with Crippen molar-refractivity contribution >= 4 is 17.6 Å². The van der Waals surface area contributed by atoms with E-state index < -0.39 is 0 Å². The first-order valence-electron chi connectivity index (χ1n) is 8.75. The van der Waals surface area contributed by atoms with Crippen LogP contribution in [0.25, 0.3) is 0 Å². The van der Waals surface area contributed by atoms with Crippen LogP contribution in [-0.4, -0.2) is 33.8 Å². The molecule has 3 fully saturated rings. The largest absolute Gasteiger partial charge is 0.373 e. The third-order valence-electron chi connectivity index (χ3n) is 5.73. The van der Waals surface area contributed by atoms with Gasteiger partial charge in [-0.2, -0.15) is 5.10 Å². The number of hydrogen-bond acceptors (Lipinski definition) is 4. The maximum atomic E-state index is 12.8. The van der Waals surface area contributed by atoms with Crippen LogP contribution in [0.3, 0.4) is 0 Å². The van der Waals surface area contributed by atoms with Gasteiger partial charge in [0.2, 0.25) is 11.8 Å². The summed E-state index contributed by atoms with van der Waals surface area (Å²) in [5.74, 6) is -0.496. The van der Waals surface area contributed by atoms with Crippen LogP contribution in [0.1, 0.15) is 24.0 Å². The van der Waals surface area contributed by atoms with Crippen LogP contribution >= 0.6 is 0 Å². The maximum Gasteiger partial charge on any atom is 0.241 e. The lowest BCUT2D eigenvalue weighted by Crippen LogP contribution is -2.34. The van der Waals surface area contributed by atoms with Gasteiger partial charge in [0.25, 0.3) is 0 Å². The molecule has 0 N–H and O–H groups in total. The molecule has 4 atom stereocenters. The molecule has 2 amide bonds. The van der Waals surface area contributed by atoms with Gasteiger partial charge in [-0.15, -0.1) is 0 Å². The molecule has 3 aliphatic heterocycles. The summed E-state index contributed by atoms with van der Waals surface area (Å²) in [6.45, 7) is 2.67. The number of carbonyl (C=O) groups excluding carboxylic acids is 2. The van der Waals surface area contributed by atoms with Crippen molar-refractivity contribution in [3.63, 3.8) is 0 Å². The van der Waals surface area contributed by atoms with Gasteiger partial charge in [0.1, 0.15) is 0 Å². The number of imide groups is 1. The number of rotatable bonds is 3. The third-order valence-corrected chi connectivity index (χ3v) is 5.73. The number of aryl methyl sites for hydroxylation is 1. The minimum absolute atomic E-state index is 0.0921. The van der Waals surface area contributed by atoms with Gasteiger partial charge in [-0.25, -0.2) is 4.90 Å². The lowest BCUT2D eigenvalue weighted by Gasteiger charge is -2.15. The number of ether oxygens (including phenoxy) is 1. The fraction of sp³-hybridized carbons (Fsp3) is 0.421. The van der Waals surface area contributed by atoms with E-state index in [9.17, 15) is 9.59 Å². The SMILES string of the molecule is Cc1ccccc1Cn1ccc(N2C(=O)C3C4CCC(O4)C3C2=O)n1. The molecule has 4 heterocycles. The Labute approximate surface area is 145 Å². The van der Waals surface area contributed by atoms with Crippen LogP contribution in [0.15, 0.2) is 36.5 Å². The van der Waals surface area contributed by atoms with Crippen molar-refractivity contribution in [2.24, 2.45) is 11.8 Å². The Hall–Kier alpha value is -2.47. The first kappa shape index (κ1) is 14.8. The molecule has 0 radical (unpaired) electrons. The molecule has 6 heteroatoms. The minimum Gasteiger partial charge on any atom is -0.373 e. The normalized spacial score (nSPS) is 30.4. The minimum atomic E-state index is -0.312. The van der Waals surface area contributed by atoms with Crippen LogP contribution < -0.4 is 4.90 Å². The van der Waals surface area contributed by atoms with Gasteiger partial charge in [-0.1, -0.05) is 24.3 Å². The zero-order chi connectivity index (χ0) is 17.1. The van der Waals surface area contributed by atoms with Crippen molar-refractivity contribution in [2.75, 3.05) is 4.90 Å². The molecule has 3 saturated heterocycles. The quantitative estimate of drug-likeness (QED) is 0.803. The van der Waals surface area contributed by atoms with Crippen molar-refractivity contribution in [3.05, 3.63) is 47.7 Å². The number of hydrogen-bond donors (Lipinski definition) is 0. The first-order chi connectivity index (χ1) is 12.1. The Morgan fingerprint density at radius 1 is 1.08 bits per heavy atom. The maximum absolute atomic E-state index is 12.8. The fourth-order valence-electron chi connectivity index (χ4n) is 4.46. The van der Waals surface area contributed by atoms with Crippen LogP contribution in [0.5, 0.6) is 0 Å². The number of amides is 2. The summed E-state index contributed by atoms with van der Waals surface area (Å²) in [7, 11) is 0. The Bertz CT molecular complexity index is 846.